The molecule has 0 radical (unpaired) electrons. The van der Waals surface area contributed by atoms with Crippen molar-refractivity contribution in [3.63, 3.8) is 0 Å². The van der Waals surface area contributed by atoms with Crippen LogP contribution >= 0.6 is 0 Å². The molecule has 4 aromatic rings. The van der Waals surface area contributed by atoms with E-state index in [2.05, 4.69) is 10.2 Å². The zero-order chi connectivity index (χ0) is 19.5. The number of aromatic nitrogens is 3. The van der Waals surface area contributed by atoms with Crippen LogP contribution in [-0.2, 0) is 4.74 Å². The lowest BCUT2D eigenvalue weighted by Crippen LogP contribution is -2.10. The van der Waals surface area contributed by atoms with Crippen molar-refractivity contribution >= 4 is 5.97 Å². The van der Waals surface area contributed by atoms with Gasteiger partial charge in [0, 0.05) is 23.6 Å². The summed E-state index contributed by atoms with van der Waals surface area (Å²) in [6.07, 6.45) is 3.21. The fraction of sp³-hybridized carbons (Fsp3) is 0.136. The minimum Gasteiger partial charge on any atom is -0.449 e. The van der Waals surface area contributed by atoms with E-state index in [4.69, 9.17) is 9.15 Å². The predicted molar refractivity (Wildman–Crippen MR) is 104 cm³/mol. The summed E-state index contributed by atoms with van der Waals surface area (Å²) in [5.41, 5.74) is 3.26. The van der Waals surface area contributed by atoms with E-state index >= 15 is 0 Å². The van der Waals surface area contributed by atoms with Crippen LogP contribution < -0.4 is 0 Å². The molecule has 0 aliphatic rings. The number of benzene rings is 2. The van der Waals surface area contributed by atoms with E-state index < -0.39 is 12.1 Å². The van der Waals surface area contributed by atoms with Crippen molar-refractivity contribution in [3.8, 4) is 17.1 Å². The van der Waals surface area contributed by atoms with Gasteiger partial charge in [0.25, 0.3) is 5.89 Å². The van der Waals surface area contributed by atoms with Gasteiger partial charge in [0.1, 0.15) is 0 Å². The molecule has 0 bridgehead atoms. The third-order valence-electron chi connectivity index (χ3n) is 4.42. The Morgan fingerprint density at radius 3 is 2.54 bits per heavy atom. The molecule has 2 heterocycles. The Morgan fingerprint density at radius 2 is 1.79 bits per heavy atom. The van der Waals surface area contributed by atoms with Crippen molar-refractivity contribution in [2.24, 2.45) is 0 Å². The summed E-state index contributed by atoms with van der Waals surface area (Å²) in [6, 6.07) is 18.8. The van der Waals surface area contributed by atoms with E-state index in [1.54, 1.807) is 13.0 Å². The molecule has 2 aromatic carbocycles. The fourth-order valence-electron chi connectivity index (χ4n) is 2.88. The van der Waals surface area contributed by atoms with Crippen LogP contribution in [-0.4, -0.2) is 20.7 Å². The standard InChI is InChI=1S/C22H19N3O3/c1-15-10-11-18(14-19(15)25-12-6-7-13-25)22(26)27-16(2)20-23-24-21(28-20)17-8-4-3-5-9-17/h3-14,16H,1-2H3/t16-/m0/s1. The normalized spacial score (nSPS) is 11.9. The highest BCUT2D eigenvalue weighted by molar-refractivity contribution is 5.90. The molecule has 6 nitrogen and oxygen atoms in total. The maximum Gasteiger partial charge on any atom is 0.338 e. The van der Waals surface area contributed by atoms with Crippen LogP contribution in [0.4, 0.5) is 0 Å². The lowest BCUT2D eigenvalue weighted by molar-refractivity contribution is 0.0280. The van der Waals surface area contributed by atoms with Crippen molar-refractivity contribution < 1.29 is 13.9 Å². The van der Waals surface area contributed by atoms with Gasteiger partial charge >= 0.3 is 5.97 Å². The van der Waals surface area contributed by atoms with Crippen molar-refractivity contribution in [1.82, 2.24) is 14.8 Å². The van der Waals surface area contributed by atoms with Crippen LogP contribution in [0.2, 0.25) is 0 Å². The molecule has 0 amide bonds. The van der Waals surface area contributed by atoms with E-state index in [0.717, 1.165) is 16.8 Å². The van der Waals surface area contributed by atoms with Crippen LogP contribution in [0.5, 0.6) is 0 Å². The smallest absolute Gasteiger partial charge is 0.338 e. The molecule has 0 saturated heterocycles. The van der Waals surface area contributed by atoms with Crippen molar-refractivity contribution in [2.45, 2.75) is 20.0 Å². The number of rotatable bonds is 5. The van der Waals surface area contributed by atoms with Gasteiger partial charge in [0.2, 0.25) is 5.89 Å². The fourth-order valence-corrected chi connectivity index (χ4v) is 2.88. The topological polar surface area (TPSA) is 70.2 Å². The Kier molecular flexibility index (Phi) is 4.76. The molecule has 0 aliphatic heterocycles. The summed E-state index contributed by atoms with van der Waals surface area (Å²) in [4.78, 5) is 12.6. The zero-order valence-corrected chi connectivity index (χ0v) is 15.6. The number of hydrogen-bond acceptors (Lipinski definition) is 5. The van der Waals surface area contributed by atoms with Crippen molar-refractivity contribution in [2.75, 3.05) is 0 Å². The Hall–Kier alpha value is -3.67. The van der Waals surface area contributed by atoms with E-state index in [-0.39, 0.29) is 5.89 Å². The molecule has 0 N–H and O–H groups in total. The first kappa shape index (κ1) is 17.7. The maximum atomic E-state index is 12.6. The molecule has 28 heavy (non-hydrogen) atoms. The SMILES string of the molecule is Cc1ccc(C(=O)O[C@@H](C)c2nnc(-c3ccccc3)o2)cc1-n1cccc1. The first-order valence-corrected chi connectivity index (χ1v) is 8.95. The summed E-state index contributed by atoms with van der Waals surface area (Å²) in [7, 11) is 0. The van der Waals surface area contributed by atoms with Crippen LogP contribution in [0, 0.1) is 6.92 Å². The number of hydrogen-bond donors (Lipinski definition) is 0. The second-order valence-corrected chi connectivity index (χ2v) is 6.45. The lowest BCUT2D eigenvalue weighted by Gasteiger charge is -2.12. The van der Waals surface area contributed by atoms with E-state index in [1.165, 1.54) is 0 Å². The quantitative estimate of drug-likeness (QED) is 0.472. The highest BCUT2D eigenvalue weighted by atomic mass is 16.6. The second-order valence-electron chi connectivity index (χ2n) is 6.45. The van der Waals surface area contributed by atoms with E-state index in [0.29, 0.717) is 11.5 Å². The molecule has 6 heteroatoms. The molecule has 2 aromatic heterocycles. The average Bonchev–Trinajstić information content (AvgIpc) is 3.41. The van der Waals surface area contributed by atoms with Crippen LogP contribution in [0.25, 0.3) is 17.1 Å². The summed E-state index contributed by atoms with van der Waals surface area (Å²) in [6.45, 7) is 3.71. The molecular weight excluding hydrogens is 354 g/mol. The highest BCUT2D eigenvalue weighted by Gasteiger charge is 2.20. The molecule has 0 unspecified atom stereocenters. The van der Waals surface area contributed by atoms with Gasteiger partial charge < -0.3 is 13.7 Å². The van der Waals surface area contributed by atoms with Gasteiger partial charge in [-0.3, -0.25) is 0 Å². The molecule has 1 atom stereocenters. The minimum absolute atomic E-state index is 0.255. The number of carbonyl (C=O) groups excluding carboxylic acids is 1. The van der Waals surface area contributed by atoms with Crippen LogP contribution in [0.1, 0.15) is 34.8 Å². The Labute approximate surface area is 162 Å². The monoisotopic (exact) mass is 373 g/mol. The molecule has 0 spiro atoms. The highest BCUT2D eigenvalue weighted by Crippen LogP contribution is 2.24. The molecule has 0 fully saturated rings. The van der Waals surface area contributed by atoms with Gasteiger partial charge in [-0.1, -0.05) is 24.3 Å². The number of esters is 1. The summed E-state index contributed by atoms with van der Waals surface area (Å²) in [5.74, 6) is 0.203. The number of nitrogens with zero attached hydrogens (tertiary/aromatic N) is 3. The van der Waals surface area contributed by atoms with E-state index in [9.17, 15) is 4.79 Å². The number of ether oxygens (including phenoxy) is 1. The Balaban J connectivity index is 1.51. The molecule has 0 aliphatic carbocycles. The lowest BCUT2D eigenvalue weighted by atomic mass is 10.1. The Bertz CT molecular complexity index is 1090. The first-order chi connectivity index (χ1) is 13.6. The predicted octanol–water partition coefficient (Wildman–Crippen LogP) is 4.75. The third-order valence-corrected chi connectivity index (χ3v) is 4.42. The third kappa shape index (κ3) is 3.57. The molecule has 0 saturated carbocycles. The average molecular weight is 373 g/mol. The van der Waals surface area contributed by atoms with Crippen molar-refractivity contribution in [1.29, 1.82) is 0 Å². The summed E-state index contributed by atoms with van der Waals surface area (Å²) >= 11 is 0. The first-order valence-electron chi connectivity index (χ1n) is 8.95. The van der Waals surface area contributed by atoms with Gasteiger partial charge in [0.05, 0.1) is 5.56 Å². The van der Waals surface area contributed by atoms with Gasteiger partial charge in [-0.2, -0.15) is 0 Å². The maximum absolute atomic E-state index is 12.6. The molecule has 140 valence electrons. The van der Waals surface area contributed by atoms with Gasteiger partial charge in [0.15, 0.2) is 6.10 Å². The zero-order valence-electron chi connectivity index (χ0n) is 15.6. The number of aryl methyl sites for hydroxylation is 1. The molecular formula is C22H19N3O3. The van der Waals surface area contributed by atoms with Gasteiger partial charge in [-0.25, -0.2) is 4.79 Å². The van der Waals surface area contributed by atoms with Crippen LogP contribution in [0.15, 0.2) is 77.5 Å². The minimum atomic E-state index is -0.659. The van der Waals surface area contributed by atoms with Crippen LogP contribution in [0.3, 0.4) is 0 Å². The molecule has 4 rings (SSSR count). The van der Waals surface area contributed by atoms with Gasteiger partial charge in [-0.15, -0.1) is 10.2 Å². The van der Waals surface area contributed by atoms with Crippen molar-refractivity contribution in [3.05, 3.63) is 90.1 Å². The summed E-state index contributed by atoms with van der Waals surface area (Å²) < 4.78 is 13.2. The van der Waals surface area contributed by atoms with E-state index in [1.807, 2.05) is 78.5 Å². The number of carbonyl (C=O) groups is 1. The second kappa shape index (κ2) is 7.52. The summed E-state index contributed by atoms with van der Waals surface area (Å²) in [5, 5.41) is 8.05. The van der Waals surface area contributed by atoms with Gasteiger partial charge in [-0.05, 0) is 55.8 Å². The Morgan fingerprint density at radius 1 is 1.04 bits per heavy atom. The largest absolute Gasteiger partial charge is 0.449 e.